The van der Waals surface area contributed by atoms with Crippen LogP contribution in [0.5, 0.6) is 0 Å². The Hall–Kier alpha value is -1.55. The topological polar surface area (TPSA) is 46.6 Å². The second kappa shape index (κ2) is 4.85. The Labute approximate surface area is 115 Å². The number of nitrogens with two attached hydrogens (primary N) is 1. The third kappa shape index (κ3) is 2.73. The minimum Gasteiger partial charge on any atom is -0.398 e. The van der Waals surface area contributed by atoms with Crippen molar-refractivity contribution in [3.05, 3.63) is 29.7 Å². The molecule has 0 fully saturated rings. The van der Waals surface area contributed by atoms with Crippen LogP contribution in [0, 0.1) is 6.92 Å². The van der Waals surface area contributed by atoms with Crippen molar-refractivity contribution in [3.8, 4) is 0 Å². The van der Waals surface area contributed by atoms with Crippen molar-refractivity contribution in [1.29, 1.82) is 0 Å². The smallest absolute Gasteiger partial charge is 0.137 e. The van der Waals surface area contributed by atoms with Gasteiger partial charge in [0, 0.05) is 24.0 Å². The van der Waals surface area contributed by atoms with Crippen molar-refractivity contribution in [2.75, 3.05) is 12.3 Å². The van der Waals surface area contributed by atoms with E-state index in [0.29, 0.717) is 0 Å². The molecule has 2 rings (SSSR count). The van der Waals surface area contributed by atoms with E-state index in [-0.39, 0.29) is 5.54 Å². The van der Waals surface area contributed by atoms with Gasteiger partial charge in [0.1, 0.15) is 5.65 Å². The van der Waals surface area contributed by atoms with Gasteiger partial charge in [0.25, 0.3) is 0 Å². The zero-order chi connectivity index (χ0) is 14.2. The molecule has 0 saturated carbocycles. The van der Waals surface area contributed by atoms with Gasteiger partial charge < -0.3 is 10.1 Å². The van der Waals surface area contributed by atoms with Gasteiger partial charge in [0.15, 0.2) is 0 Å². The zero-order valence-corrected chi connectivity index (χ0v) is 12.6. The molecule has 4 nitrogen and oxygen atoms in total. The number of anilines is 1. The van der Waals surface area contributed by atoms with Gasteiger partial charge in [-0.15, -0.1) is 0 Å². The van der Waals surface area contributed by atoms with Crippen LogP contribution >= 0.6 is 0 Å². The van der Waals surface area contributed by atoms with Gasteiger partial charge in [-0.1, -0.05) is 6.92 Å². The summed E-state index contributed by atoms with van der Waals surface area (Å²) in [5, 5.41) is 0. The maximum absolute atomic E-state index is 5.89. The number of rotatable bonds is 3. The van der Waals surface area contributed by atoms with Crippen LogP contribution in [0.25, 0.3) is 5.65 Å². The molecule has 0 saturated heterocycles. The monoisotopic (exact) mass is 260 g/mol. The van der Waals surface area contributed by atoms with E-state index in [4.69, 9.17) is 5.73 Å². The van der Waals surface area contributed by atoms with Gasteiger partial charge in [-0.25, -0.2) is 4.98 Å². The van der Waals surface area contributed by atoms with Crippen LogP contribution in [0.1, 0.15) is 39.1 Å². The summed E-state index contributed by atoms with van der Waals surface area (Å²) in [6, 6.07) is 3.87. The van der Waals surface area contributed by atoms with Crippen molar-refractivity contribution in [3.63, 3.8) is 0 Å². The summed E-state index contributed by atoms with van der Waals surface area (Å²) in [5.74, 6) is 0. The number of hydrogen-bond acceptors (Lipinski definition) is 3. The average molecular weight is 260 g/mol. The Morgan fingerprint density at radius 1 is 1.32 bits per heavy atom. The fourth-order valence-corrected chi connectivity index (χ4v) is 2.42. The molecule has 0 unspecified atom stereocenters. The third-order valence-corrected chi connectivity index (χ3v) is 3.61. The lowest BCUT2D eigenvalue weighted by Gasteiger charge is -2.34. The van der Waals surface area contributed by atoms with Crippen LogP contribution in [0.2, 0.25) is 0 Å². The van der Waals surface area contributed by atoms with Gasteiger partial charge in [0.2, 0.25) is 0 Å². The van der Waals surface area contributed by atoms with Crippen molar-refractivity contribution in [1.82, 2.24) is 14.3 Å². The summed E-state index contributed by atoms with van der Waals surface area (Å²) in [4.78, 5) is 7.04. The van der Waals surface area contributed by atoms with E-state index in [0.717, 1.165) is 30.1 Å². The highest BCUT2D eigenvalue weighted by Gasteiger charge is 2.22. The van der Waals surface area contributed by atoms with Crippen molar-refractivity contribution >= 4 is 11.3 Å². The van der Waals surface area contributed by atoms with Crippen molar-refractivity contribution in [2.24, 2.45) is 0 Å². The number of pyridine rings is 1. The van der Waals surface area contributed by atoms with Gasteiger partial charge in [-0.2, -0.15) is 0 Å². The lowest BCUT2D eigenvalue weighted by molar-refractivity contribution is 0.133. The van der Waals surface area contributed by atoms with E-state index >= 15 is 0 Å². The van der Waals surface area contributed by atoms with E-state index in [9.17, 15) is 0 Å². The molecule has 2 heterocycles. The summed E-state index contributed by atoms with van der Waals surface area (Å²) in [6.45, 7) is 12.9. The van der Waals surface area contributed by atoms with Crippen molar-refractivity contribution < 1.29 is 0 Å². The number of nitrogen functional groups attached to an aromatic ring is 1. The number of fused-ring (bicyclic) bond motifs is 1. The number of hydrogen-bond donors (Lipinski definition) is 1. The van der Waals surface area contributed by atoms with E-state index in [1.54, 1.807) is 0 Å². The molecule has 0 aliphatic heterocycles. The van der Waals surface area contributed by atoms with Crippen LogP contribution in [-0.4, -0.2) is 26.4 Å². The van der Waals surface area contributed by atoms with Gasteiger partial charge in [-0.3, -0.25) is 4.90 Å². The molecule has 0 spiro atoms. The molecular weight excluding hydrogens is 236 g/mol. The van der Waals surface area contributed by atoms with E-state index in [1.807, 2.05) is 18.3 Å². The van der Waals surface area contributed by atoms with Gasteiger partial charge in [-0.05, 0) is 46.4 Å². The van der Waals surface area contributed by atoms with E-state index in [2.05, 4.69) is 48.9 Å². The Bertz CT molecular complexity index is 578. The molecule has 0 radical (unpaired) electrons. The third-order valence-electron chi connectivity index (χ3n) is 3.61. The Morgan fingerprint density at radius 3 is 2.58 bits per heavy atom. The first kappa shape index (κ1) is 13.9. The summed E-state index contributed by atoms with van der Waals surface area (Å²) in [7, 11) is 0. The van der Waals surface area contributed by atoms with Crippen LogP contribution < -0.4 is 5.73 Å². The molecule has 0 bridgehead atoms. The molecule has 0 aliphatic carbocycles. The molecule has 19 heavy (non-hydrogen) atoms. The highest BCUT2D eigenvalue weighted by molar-refractivity contribution is 5.50. The maximum Gasteiger partial charge on any atom is 0.137 e. The maximum atomic E-state index is 5.89. The predicted octanol–water partition coefficient (Wildman–Crippen LogP) is 2.85. The zero-order valence-electron chi connectivity index (χ0n) is 12.6. The minimum absolute atomic E-state index is 0.145. The average Bonchev–Trinajstić information content (AvgIpc) is 2.60. The van der Waals surface area contributed by atoms with E-state index < -0.39 is 0 Å². The normalized spacial score (nSPS) is 12.5. The van der Waals surface area contributed by atoms with Crippen LogP contribution in [0.15, 0.2) is 18.3 Å². The molecule has 0 atom stereocenters. The standard InChI is InChI=1S/C15H24N4/c1-6-18(15(3,4)5)10-13-11(2)17-14-8-7-12(16)9-19(13)14/h7-9H,6,10,16H2,1-5H3. The summed E-state index contributed by atoms with van der Waals surface area (Å²) >= 11 is 0. The number of imidazole rings is 1. The molecular formula is C15H24N4. The van der Waals surface area contributed by atoms with Crippen LogP contribution in [-0.2, 0) is 6.54 Å². The molecule has 2 aromatic rings. The Balaban J connectivity index is 2.44. The first-order valence-electron chi connectivity index (χ1n) is 6.81. The second-order valence-electron chi connectivity index (χ2n) is 6.02. The van der Waals surface area contributed by atoms with E-state index in [1.165, 1.54) is 5.69 Å². The molecule has 104 valence electrons. The quantitative estimate of drug-likeness (QED) is 0.923. The molecule has 0 aromatic carbocycles. The SMILES string of the molecule is CCN(Cc1c(C)nc2ccc(N)cn12)C(C)(C)C. The highest BCUT2D eigenvalue weighted by Crippen LogP contribution is 2.21. The molecule has 2 N–H and O–H groups in total. The first-order valence-corrected chi connectivity index (χ1v) is 6.81. The summed E-state index contributed by atoms with van der Waals surface area (Å²) < 4.78 is 2.11. The number of aryl methyl sites for hydroxylation is 1. The molecule has 2 aromatic heterocycles. The van der Waals surface area contributed by atoms with Crippen LogP contribution in [0.3, 0.4) is 0 Å². The second-order valence-corrected chi connectivity index (χ2v) is 6.02. The first-order chi connectivity index (χ1) is 8.82. The fourth-order valence-electron chi connectivity index (χ4n) is 2.42. The summed E-state index contributed by atoms with van der Waals surface area (Å²) in [5.41, 5.74) is 10.1. The van der Waals surface area contributed by atoms with Crippen molar-refractivity contribution in [2.45, 2.75) is 46.7 Å². The highest BCUT2D eigenvalue weighted by atomic mass is 15.2. The molecule has 0 aliphatic rings. The summed E-state index contributed by atoms with van der Waals surface area (Å²) in [6.07, 6.45) is 1.96. The number of nitrogens with zero attached hydrogens (tertiary/aromatic N) is 3. The predicted molar refractivity (Wildman–Crippen MR) is 80.2 cm³/mol. The molecule has 4 heteroatoms. The lowest BCUT2D eigenvalue weighted by Crippen LogP contribution is -2.40. The largest absolute Gasteiger partial charge is 0.398 e. The van der Waals surface area contributed by atoms with Gasteiger partial charge >= 0.3 is 0 Å². The van der Waals surface area contributed by atoms with Crippen LogP contribution in [0.4, 0.5) is 5.69 Å². The molecule has 0 amide bonds. The van der Waals surface area contributed by atoms with Gasteiger partial charge in [0.05, 0.1) is 11.4 Å². The Kier molecular flexibility index (Phi) is 3.54. The minimum atomic E-state index is 0.145. The Morgan fingerprint density at radius 2 is 2.00 bits per heavy atom. The lowest BCUT2D eigenvalue weighted by atomic mass is 10.1. The fraction of sp³-hybridized carbons (Fsp3) is 0.533. The number of aromatic nitrogens is 2.